The number of hydrogen-bond donors (Lipinski definition) is 5. The van der Waals surface area contributed by atoms with Gasteiger partial charge in [-0.1, -0.05) is 6.07 Å². The molecule has 1 rings (SSSR count). The molecule has 98 valence electrons. The standard InChI is InChI=1S/C11H14N2O5/c1-5(14)8(11(17)18)13-10(16)6-3-2-4-7(12)9(6)15/h2-5,8,14-15H,12H2,1H3,(H,13,16)(H,17,18)/t5-,8+/m1/s1. The third kappa shape index (κ3) is 2.89. The van der Waals surface area contributed by atoms with Gasteiger partial charge in [0.1, 0.15) is 0 Å². The lowest BCUT2D eigenvalue weighted by atomic mass is 10.1. The molecule has 0 unspecified atom stereocenters. The average Bonchev–Trinajstić information content (AvgIpc) is 2.28. The number of nitrogens with two attached hydrogens (primary N) is 1. The van der Waals surface area contributed by atoms with E-state index >= 15 is 0 Å². The number of benzene rings is 1. The number of aromatic hydroxyl groups is 1. The number of anilines is 1. The number of phenolic OH excluding ortho intramolecular Hbond substituents is 1. The van der Waals surface area contributed by atoms with Crippen LogP contribution < -0.4 is 11.1 Å². The van der Waals surface area contributed by atoms with Crippen LogP contribution in [0.3, 0.4) is 0 Å². The highest BCUT2D eigenvalue weighted by atomic mass is 16.4. The molecule has 1 aromatic rings. The largest absolute Gasteiger partial charge is 0.505 e. The molecule has 0 spiro atoms. The summed E-state index contributed by atoms with van der Waals surface area (Å²) in [7, 11) is 0. The Hall–Kier alpha value is -2.28. The van der Waals surface area contributed by atoms with Gasteiger partial charge in [-0.15, -0.1) is 0 Å². The molecule has 2 atom stereocenters. The SMILES string of the molecule is C[C@@H](O)[C@H](NC(=O)c1cccc(N)c1O)C(=O)O. The Kier molecular flexibility index (Phi) is 4.11. The van der Waals surface area contributed by atoms with Crippen LogP contribution >= 0.6 is 0 Å². The summed E-state index contributed by atoms with van der Waals surface area (Å²) >= 11 is 0. The fourth-order valence-electron chi connectivity index (χ4n) is 1.35. The second kappa shape index (κ2) is 5.37. The Balaban J connectivity index is 2.94. The third-order valence-electron chi connectivity index (χ3n) is 2.35. The van der Waals surface area contributed by atoms with E-state index in [2.05, 4.69) is 5.32 Å². The predicted molar refractivity (Wildman–Crippen MR) is 63.1 cm³/mol. The number of hydrogen-bond acceptors (Lipinski definition) is 5. The third-order valence-corrected chi connectivity index (χ3v) is 2.35. The zero-order chi connectivity index (χ0) is 13.9. The van der Waals surface area contributed by atoms with E-state index in [-0.39, 0.29) is 11.3 Å². The molecule has 7 nitrogen and oxygen atoms in total. The minimum absolute atomic E-state index is 0.00609. The molecule has 0 saturated heterocycles. The Bertz CT molecular complexity index is 473. The van der Waals surface area contributed by atoms with Gasteiger partial charge in [-0.3, -0.25) is 4.79 Å². The maximum atomic E-state index is 11.7. The van der Waals surface area contributed by atoms with Gasteiger partial charge in [0.25, 0.3) is 5.91 Å². The van der Waals surface area contributed by atoms with Crippen molar-refractivity contribution < 1.29 is 24.9 Å². The molecule has 7 heteroatoms. The van der Waals surface area contributed by atoms with Crippen molar-refractivity contribution in [3.63, 3.8) is 0 Å². The fourth-order valence-corrected chi connectivity index (χ4v) is 1.35. The normalized spacial score (nSPS) is 13.7. The van der Waals surface area contributed by atoms with E-state index < -0.39 is 29.8 Å². The maximum absolute atomic E-state index is 11.7. The molecule has 0 fully saturated rings. The van der Waals surface area contributed by atoms with Crippen molar-refractivity contribution in [3.05, 3.63) is 23.8 Å². The molecular formula is C11H14N2O5. The molecular weight excluding hydrogens is 240 g/mol. The van der Waals surface area contributed by atoms with Crippen LogP contribution in [0.5, 0.6) is 5.75 Å². The molecule has 0 aliphatic carbocycles. The summed E-state index contributed by atoms with van der Waals surface area (Å²) in [6.07, 6.45) is -1.27. The van der Waals surface area contributed by atoms with Gasteiger partial charge in [-0.25, -0.2) is 4.79 Å². The summed E-state index contributed by atoms with van der Waals surface area (Å²) in [6.45, 7) is 1.23. The number of carbonyl (C=O) groups excluding carboxylic acids is 1. The number of rotatable bonds is 4. The van der Waals surface area contributed by atoms with Crippen LogP contribution in [0.4, 0.5) is 5.69 Å². The molecule has 0 bridgehead atoms. The van der Waals surface area contributed by atoms with Crippen LogP contribution in [-0.2, 0) is 4.79 Å². The summed E-state index contributed by atoms with van der Waals surface area (Å²) in [4.78, 5) is 22.5. The summed E-state index contributed by atoms with van der Waals surface area (Å²) in [5.74, 6) is -2.63. The topological polar surface area (TPSA) is 133 Å². The van der Waals surface area contributed by atoms with Crippen molar-refractivity contribution in [1.82, 2.24) is 5.32 Å². The van der Waals surface area contributed by atoms with Crippen LogP contribution in [0.15, 0.2) is 18.2 Å². The van der Waals surface area contributed by atoms with Crippen molar-refractivity contribution in [2.75, 3.05) is 5.73 Å². The van der Waals surface area contributed by atoms with Crippen molar-refractivity contribution >= 4 is 17.6 Å². The van der Waals surface area contributed by atoms with Gasteiger partial charge in [0, 0.05) is 0 Å². The van der Waals surface area contributed by atoms with E-state index in [9.17, 15) is 19.8 Å². The Morgan fingerprint density at radius 3 is 2.50 bits per heavy atom. The van der Waals surface area contributed by atoms with E-state index in [4.69, 9.17) is 10.8 Å². The summed E-state index contributed by atoms with van der Waals surface area (Å²) in [6, 6.07) is 2.68. The Morgan fingerprint density at radius 2 is 2.00 bits per heavy atom. The van der Waals surface area contributed by atoms with E-state index in [0.29, 0.717) is 0 Å². The minimum Gasteiger partial charge on any atom is -0.505 e. The van der Waals surface area contributed by atoms with Crippen molar-refractivity contribution in [1.29, 1.82) is 0 Å². The lowest BCUT2D eigenvalue weighted by Crippen LogP contribution is -2.47. The number of carboxylic acids is 1. The van der Waals surface area contributed by atoms with Crippen LogP contribution in [-0.4, -0.2) is 39.3 Å². The van der Waals surface area contributed by atoms with Gasteiger partial charge in [0.2, 0.25) is 0 Å². The maximum Gasteiger partial charge on any atom is 0.328 e. The molecule has 0 aliphatic heterocycles. The van der Waals surface area contributed by atoms with E-state index in [1.165, 1.54) is 25.1 Å². The van der Waals surface area contributed by atoms with Gasteiger partial charge in [0.05, 0.1) is 17.4 Å². The second-order valence-corrected chi connectivity index (χ2v) is 3.77. The van der Waals surface area contributed by atoms with Gasteiger partial charge >= 0.3 is 5.97 Å². The van der Waals surface area contributed by atoms with Crippen LogP contribution in [0.2, 0.25) is 0 Å². The summed E-state index contributed by atoms with van der Waals surface area (Å²) in [5.41, 5.74) is 5.27. The molecule has 1 aromatic carbocycles. The molecule has 0 radical (unpaired) electrons. The molecule has 0 heterocycles. The van der Waals surface area contributed by atoms with Gasteiger partial charge in [0.15, 0.2) is 11.8 Å². The Morgan fingerprint density at radius 1 is 1.39 bits per heavy atom. The number of nitrogens with one attached hydrogen (secondary N) is 1. The van der Waals surface area contributed by atoms with E-state index in [0.717, 1.165) is 0 Å². The summed E-state index contributed by atoms with van der Waals surface area (Å²) < 4.78 is 0. The van der Waals surface area contributed by atoms with E-state index in [1.807, 2.05) is 0 Å². The Labute approximate surface area is 103 Å². The zero-order valence-corrected chi connectivity index (χ0v) is 9.62. The van der Waals surface area contributed by atoms with Crippen molar-refractivity contribution in [2.45, 2.75) is 19.1 Å². The first-order valence-electron chi connectivity index (χ1n) is 5.13. The number of aliphatic carboxylic acids is 1. The zero-order valence-electron chi connectivity index (χ0n) is 9.62. The average molecular weight is 254 g/mol. The smallest absolute Gasteiger partial charge is 0.328 e. The number of nitrogen functional groups attached to an aromatic ring is 1. The molecule has 18 heavy (non-hydrogen) atoms. The van der Waals surface area contributed by atoms with Gasteiger partial charge in [-0.05, 0) is 19.1 Å². The van der Waals surface area contributed by atoms with Crippen molar-refractivity contribution in [3.8, 4) is 5.75 Å². The molecule has 0 saturated carbocycles. The van der Waals surface area contributed by atoms with Crippen LogP contribution in [0.1, 0.15) is 17.3 Å². The monoisotopic (exact) mass is 254 g/mol. The van der Waals surface area contributed by atoms with Crippen molar-refractivity contribution in [2.24, 2.45) is 0 Å². The first-order chi connectivity index (χ1) is 8.34. The number of carboxylic acid groups (broad SMARTS) is 1. The minimum atomic E-state index is -1.46. The second-order valence-electron chi connectivity index (χ2n) is 3.77. The molecule has 0 aromatic heterocycles. The number of para-hydroxylation sites is 1. The fraction of sp³-hybridized carbons (Fsp3) is 0.273. The quantitative estimate of drug-likeness (QED) is 0.364. The highest BCUT2D eigenvalue weighted by Gasteiger charge is 2.26. The number of amides is 1. The first-order valence-corrected chi connectivity index (χ1v) is 5.13. The number of phenols is 1. The van der Waals surface area contributed by atoms with Crippen LogP contribution in [0.25, 0.3) is 0 Å². The lowest BCUT2D eigenvalue weighted by Gasteiger charge is -2.17. The number of aliphatic hydroxyl groups is 1. The first kappa shape index (κ1) is 13.8. The predicted octanol–water partition coefficient (Wildman–Crippen LogP) is -0.462. The van der Waals surface area contributed by atoms with Gasteiger partial charge < -0.3 is 26.4 Å². The molecule has 0 aliphatic rings. The number of carbonyl (C=O) groups is 2. The van der Waals surface area contributed by atoms with Gasteiger partial charge in [-0.2, -0.15) is 0 Å². The lowest BCUT2D eigenvalue weighted by molar-refractivity contribution is -0.141. The molecule has 6 N–H and O–H groups in total. The summed E-state index contributed by atoms with van der Waals surface area (Å²) in [5, 5.41) is 29.7. The number of aliphatic hydroxyl groups excluding tert-OH is 1. The van der Waals surface area contributed by atoms with Crippen LogP contribution in [0, 0.1) is 0 Å². The highest BCUT2D eigenvalue weighted by molar-refractivity contribution is 6.00. The molecule has 1 amide bonds. The van der Waals surface area contributed by atoms with E-state index in [1.54, 1.807) is 0 Å². The highest BCUT2D eigenvalue weighted by Crippen LogP contribution is 2.24.